The molecule has 0 atom stereocenters. The van der Waals surface area contributed by atoms with Gasteiger partial charge in [0.15, 0.2) is 0 Å². The maximum atomic E-state index is 5.68. The van der Waals surface area contributed by atoms with Gasteiger partial charge in [-0.1, -0.05) is 5.92 Å². The summed E-state index contributed by atoms with van der Waals surface area (Å²) in [5, 5.41) is 6.15. The first-order valence-corrected chi connectivity index (χ1v) is 10.8. The van der Waals surface area contributed by atoms with Crippen molar-refractivity contribution < 1.29 is 28.4 Å². The fourth-order valence-corrected chi connectivity index (χ4v) is 2.26. The van der Waals surface area contributed by atoms with E-state index in [9.17, 15) is 0 Å². The SMILES string of the molecule is C#CCOCCOCCOCCOCCN(CCOCCNC)CCOCCNC. The second-order valence-electron chi connectivity index (χ2n) is 6.37. The Labute approximate surface area is 183 Å². The van der Waals surface area contributed by atoms with Crippen molar-refractivity contribution >= 4 is 0 Å². The Morgan fingerprint density at radius 2 is 0.933 bits per heavy atom. The lowest BCUT2D eigenvalue weighted by Gasteiger charge is -2.22. The van der Waals surface area contributed by atoms with Crippen molar-refractivity contribution in [3.05, 3.63) is 0 Å². The normalized spacial score (nSPS) is 11.3. The predicted molar refractivity (Wildman–Crippen MR) is 118 cm³/mol. The Hall–Kier alpha value is -0.800. The maximum absolute atomic E-state index is 5.68. The largest absolute Gasteiger partial charge is 0.379 e. The van der Waals surface area contributed by atoms with E-state index in [1.807, 2.05) is 14.1 Å². The lowest BCUT2D eigenvalue weighted by molar-refractivity contribution is -0.00313. The average molecular weight is 434 g/mol. The number of nitrogens with zero attached hydrogens (tertiary/aromatic N) is 1. The van der Waals surface area contributed by atoms with Crippen molar-refractivity contribution in [1.29, 1.82) is 0 Å². The third-order valence-electron chi connectivity index (χ3n) is 3.95. The molecule has 0 amide bonds. The van der Waals surface area contributed by atoms with E-state index in [4.69, 9.17) is 34.8 Å². The second kappa shape index (κ2) is 26.2. The highest BCUT2D eigenvalue weighted by atomic mass is 16.6. The molecule has 0 bridgehead atoms. The molecule has 30 heavy (non-hydrogen) atoms. The standard InChI is InChI=1S/C21H43N3O6/c1-4-10-25-16-18-29-20-21-30-19-17-28-15-9-24(7-13-26-11-5-22-2)8-14-27-12-6-23-3/h1,22-23H,5-21H2,2-3H3. The van der Waals surface area contributed by atoms with Crippen LogP contribution in [0.4, 0.5) is 0 Å². The molecule has 2 N–H and O–H groups in total. The Kier molecular flexibility index (Phi) is 25.5. The quantitative estimate of drug-likeness (QED) is 0.146. The van der Waals surface area contributed by atoms with Gasteiger partial charge >= 0.3 is 0 Å². The molecule has 0 spiro atoms. The Bertz CT molecular complexity index is 357. The number of nitrogens with one attached hydrogen (secondary N) is 2. The zero-order valence-electron chi connectivity index (χ0n) is 19.0. The van der Waals surface area contributed by atoms with Crippen LogP contribution in [-0.4, -0.2) is 131 Å². The summed E-state index contributed by atoms with van der Waals surface area (Å²) in [6.07, 6.45) is 5.08. The number of rotatable bonds is 25. The van der Waals surface area contributed by atoms with Crippen LogP contribution in [0, 0.1) is 12.3 Å². The van der Waals surface area contributed by atoms with Gasteiger partial charge in [-0.15, -0.1) is 6.42 Å². The highest BCUT2D eigenvalue weighted by molar-refractivity contribution is 4.82. The molecule has 0 aliphatic heterocycles. The molecule has 0 aromatic rings. The first kappa shape index (κ1) is 29.2. The van der Waals surface area contributed by atoms with Crippen molar-refractivity contribution in [3.63, 3.8) is 0 Å². The summed E-state index contributed by atoms with van der Waals surface area (Å²) in [6, 6.07) is 0. The lowest BCUT2D eigenvalue weighted by atomic mass is 10.4. The van der Waals surface area contributed by atoms with Crippen LogP contribution >= 0.6 is 0 Å². The summed E-state index contributed by atoms with van der Waals surface area (Å²) in [5.74, 6) is 2.41. The molecule has 0 saturated carbocycles. The average Bonchev–Trinajstić information content (AvgIpc) is 2.76. The van der Waals surface area contributed by atoms with Crippen molar-refractivity contribution in [2.45, 2.75) is 0 Å². The van der Waals surface area contributed by atoms with Gasteiger partial charge in [0.2, 0.25) is 0 Å². The van der Waals surface area contributed by atoms with Gasteiger partial charge in [-0.2, -0.15) is 0 Å². The van der Waals surface area contributed by atoms with E-state index in [0.29, 0.717) is 66.1 Å². The fourth-order valence-electron chi connectivity index (χ4n) is 2.26. The van der Waals surface area contributed by atoms with E-state index in [0.717, 1.165) is 45.9 Å². The summed E-state index contributed by atoms with van der Waals surface area (Å²) < 4.78 is 32.9. The topological polar surface area (TPSA) is 82.7 Å². The monoisotopic (exact) mass is 433 g/mol. The predicted octanol–water partition coefficient (Wildman–Crippen LogP) is -0.540. The van der Waals surface area contributed by atoms with Gasteiger partial charge in [0, 0.05) is 32.7 Å². The summed E-state index contributed by atoms with van der Waals surface area (Å²) in [6.45, 7) is 11.3. The van der Waals surface area contributed by atoms with Crippen LogP contribution in [0.3, 0.4) is 0 Å². The Balaban J connectivity index is 3.62. The minimum Gasteiger partial charge on any atom is -0.379 e. The van der Waals surface area contributed by atoms with Gasteiger partial charge in [-0.05, 0) is 14.1 Å². The van der Waals surface area contributed by atoms with Crippen LogP contribution in [0.1, 0.15) is 0 Å². The molecule has 0 aliphatic carbocycles. The number of hydrogen-bond acceptors (Lipinski definition) is 9. The molecule has 9 nitrogen and oxygen atoms in total. The number of likely N-dealkylation sites (N-methyl/N-ethyl adjacent to an activating group) is 2. The van der Waals surface area contributed by atoms with Crippen molar-refractivity contribution in [2.24, 2.45) is 0 Å². The lowest BCUT2D eigenvalue weighted by Crippen LogP contribution is -2.35. The van der Waals surface area contributed by atoms with Gasteiger partial charge in [0.25, 0.3) is 0 Å². The molecule has 0 aromatic carbocycles. The molecule has 0 aromatic heterocycles. The summed E-state index contributed by atoms with van der Waals surface area (Å²) in [7, 11) is 3.84. The van der Waals surface area contributed by atoms with Crippen LogP contribution in [0.15, 0.2) is 0 Å². The molecule has 0 radical (unpaired) electrons. The first-order chi connectivity index (χ1) is 14.8. The summed E-state index contributed by atoms with van der Waals surface area (Å²) in [4.78, 5) is 2.30. The van der Waals surface area contributed by atoms with Crippen molar-refractivity contribution in [2.75, 3.05) is 126 Å². The molecular formula is C21H43N3O6. The number of hydrogen-bond donors (Lipinski definition) is 2. The molecule has 0 aliphatic rings. The van der Waals surface area contributed by atoms with E-state index in [-0.39, 0.29) is 0 Å². The van der Waals surface area contributed by atoms with E-state index in [1.165, 1.54) is 0 Å². The van der Waals surface area contributed by atoms with Gasteiger partial charge in [-0.3, -0.25) is 4.90 Å². The molecule has 0 rings (SSSR count). The first-order valence-electron chi connectivity index (χ1n) is 10.8. The maximum Gasteiger partial charge on any atom is 0.107 e. The zero-order chi connectivity index (χ0) is 22.0. The van der Waals surface area contributed by atoms with Crippen LogP contribution in [-0.2, 0) is 28.4 Å². The Morgan fingerprint density at radius 3 is 1.33 bits per heavy atom. The second-order valence-corrected chi connectivity index (χ2v) is 6.37. The molecular weight excluding hydrogens is 390 g/mol. The van der Waals surface area contributed by atoms with Crippen LogP contribution in [0.25, 0.3) is 0 Å². The van der Waals surface area contributed by atoms with E-state index in [1.54, 1.807) is 0 Å². The highest BCUT2D eigenvalue weighted by Crippen LogP contribution is 1.92. The van der Waals surface area contributed by atoms with Crippen molar-refractivity contribution in [3.8, 4) is 12.3 Å². The minimum atomic E-state index is 0.321. The fraction of sp³-hybridized carbons (Fsp3) is 0.905. The van der Waals surface area contributed by atoms with E-state index >= 15 is 0 Å². The molecule has 0 fully saturated rings. The van der Waals surface area contributed by atoms with Gasteiger partial charge < -0.3 is 39.1 Å². The van der Waals surface area contributed by atoms with Gasteiger partial charge in [-0.25, -0.2) is 0 Å². The third kappa shape index (κ3) is 23.5. The Morgan fingerprint density at radius 1 is 0.567 bits per heavy atom. The zero-order valence-corrected chi connectivity index (χ0v) is 19.0. The molecule has 0 saturated heterocycles. The molecule has 0 unspecified atom stereocenters. The summed E-state index contributed by atoms with van der Waals surface area (Å²) in [5.41, 5.74) is 0. The van der Waals surface area contributed by atoms with Crippen molar-refractivity contribution in [1.82, 2.24) is 15.5 Å². The van der Waals surface area contributed by atoms with Gasteiger partial charge in [0.1, 0.15) is 6.61 Å². The van der Waals surface area contributed by atoms with Crippen LogP contribution in [0.5, 0.6) is 0 Å². The molecule has 0 heterocycles. The molecule has 9 heteroatoms. The molecule has 178 valence electrons. The van der Waals surface area contributed by atoms with E-state index in [2.05, 4.69) is 21.5 Å². The number of ether oxygens (including phenoxy) is 6. The smallest absolute Gasteiger partial charge is 0.107 e. The third-order valence-corrected chi connectivity index (χ3v) is 3.95. The summed E-state index contributed by atoms with van der Waals surface area (Å²) >= 11 is 0. The highest BCUT2D eigenvalue weighted by Gasteiger charge is 2.05. The number of terminal acetylenes is 1. The van der Waals surface area contributed by atoms with Crippen LogP contribution in [0.2, 0.25) is 0 Å². The van der Waals surface area contributed by atoms with Gasteiger partial charge in [0.05, 0.1) is 72.7 Å². The van der Waals surface area contributed by atoms with E-state index < -0.39 is 0 Å². The van der Waals surface area contributed by atoms with Crippen LogP contribution < -0.4 is 10.6 Å². The minimum absolute atomic E-state index is 0.321.